The number of amides is 1. The van der Waals surface area contributed by atoms with Crippen molar-refractivity contribution >= 4 is 40.8 Å². The molecule has 11 heteroatoms. The molecule has 1 amide bonds. The summed E-state index contributed by atoms with van der Waals surface area (Å²) in [5, 5.41) is 17.4. The maximum atomic E-state index is 13.4. The Hall–Kier alpha value is -3.44. The largest absolute Gasteiger partial charge is 0.508 e. The van der Waals surface area contributed by atoms with E-state index in [9.17, 15) is 23.1 Å². The quantitative estimate of drug-likeness (QED) is 0.325. The number of alkyl halides is 3. The van der Waals surface area contributed by atoms with Gasteiger partial charge in [-0.25, -0.2) is 0 Å². The standard InChI is InChI=1S/C23H14F3N3O3S2/c24-23(25,26)14-7-10-19-17(11-14)29(16-3-1-2-4-18(16)34-19)20(31)12-33-22-28-27-21(32-22)13-5-8-15(30)9-6-13/h1-11,30H,12H2. The first-order chi connectivity index (χ1) is 16.3. The van der Waals surface area contributed by atoms with Gasteiger partial charge in [-0.15, -0.1) is 10.2 Å². The first-order valence-corrected chi connectivity index (χ1v) is 11.7. The smallest absolute Gasteiger partial charge is 0.416 e. The summed E-state index contributed by atoms with van der Waals surface area (Å²) < 4.78 is 45.7. The maximum absolute atomic E-state index is 13.4. The molecule has 5 rings (SSSR count). The number of hydrogen-bond donors (Lipinski definition) is 1. The first kappa shape index (κ1) is 22.4. The molecule has 0 spiro atoms. The van der Waals surface area contributed by atoms with Crippen LogP contribution in [0.3, 0.4) is 0 Å². The average Bonchev–Trinajstić information content (AvgIpc) is 3.29. The van der Waals surface area contributed by atoms with Crippen molar-refractivity contribution in [2.24, 2.45) is 0 Å². The maximum Gasteiger partial charge on any atom is 0.416 e. The van der Waals surface area contributed by atoms with Gasteiger partial charge in [0.1, 0.15) is 5.75 Å². The zero-order chi connectivity index (χ0) is 23.9. The second kappa shape index (κ2) is 8.73. The lowest BCUT2D eigenvalue weighted by atomic mass is 10.1. The number of fused-ring (bicyclic) bond motifs is 2. The lowest BCUT2D eigenvalue weighted by Gasteiger charge is -2.31. The van der Waals surface area contributed by atoms with Gasteiger partial charge in [-0.2, -0.15) is 13.2 Å². The molecule has 0 saturated heterocycles. The molecule has 0 aliphatic carbocycles. The number of carbonyl (C=O) groups excluding carboxylic acids is 1. The summed E-state index contributed by atoms with van der Waals surface area (Å²) in [5.74, 6) is -0.249. The van der Waals surface area contributed by atoms with E-state index < -0.39 is 17.6 Å². The molecule has 2 heterocycles. The summed E-state index contributed by atoms with van der Waals surface area (Å²) in [6.07, 6.45) is -4.53. The van der Waals surface area contributed by atoms with Gasteiger partial charge in [-0.3, -0.25) is 9.69 Å². The molecule has 34 heavy (non-hydrogen) atoms. The zero-order valence-electron chi connectivity index (χ0n) is 17.1. The summed E-state index contributed by atoms with van der Waals surface area (Å²) in [4.78, 5) is 15.9. The Bertz CT molecular complexity index is 1370. The van der Waals surface area contributed by atoms with Crippen LogP contribution in [0.25, 0.3) is 11.5 Å². The fourth-order valence-corrected chi connectivity index (χ4v) is 5.03. The van der Waals surface area contributed by atoms with E-state index in [0.717, 1.165) is 28.8 Å². The van der Waals surface area contributed by atoms with Gasteiger partial charge >= 0.3 is 6.18 Å². The number of para-hydroxylation sites is 1. The number of thioether (sulfide) groups is 1. The van der Waals surface area contributed by atoms with Crippen molar-refractivity contribution in [1.82, 2.24) is 10.2 Å². The highest BCUT2D eigenvalue weighted by atomic mass is 32.2. The molecular weight excluding hydrogens is 487 g/mol. The first-order valence-electron chi connectivity index (χ1n) is 9.86. The van der Waals surface area contributed by atoms with E-state index in [1.807, 2.05) is 12.1 Å². The molecule has 172 valence electrons. The predicted octanol–water partition coefficient (Wildman–Crippen LogP) is 6.38. The number of aromatic nitrogens is 2. The second-order valence-electron chi connectivity index (χ2n) is 7.19. The highest BCUT2D eigenvalue weighted by Gasteiger charge is 2.35. The van der Waals surface area contributed by atoms with E-state index in [2.05, 4.69) is 10.2 Å². The summed E-state index contributed by atoms with van der Waals surface area (Å²) in [6.45, 7) is 0. The molecule has 3 aromatic carbocycles. The Labute approximate surface area is 199 Å². The molecule has 4 aromatic rings. The Balaban J connectivity index is 1.41. The van der Waals surface area contributed by atoms with Crippen LogP contribution in [0.15, 0.2) is 86.2 Å². The second-order valence-corrected chi connectivity index (χ2v) is 9.20. The van der Waals surface area contributed by atoms with Gasteiger partial charge in [0.2, 0.25) is 11.8 Å². The van der Waals surface area contributed by atoms with Gasteiger partial charge in [0, 0.05) is 15.4 Å². The fraction of sp³-hybridized carbons (Fsp3) is 0.0870. The van der Waals surface area contributed by atoms with Gasteiger partial charge < -0.3 is 9.52 Å². The van der Waals surface area contributed by atoms with Crippen LogP contribution < -0.4 is 4.90 Å². The van der Waals surface area contributed by atoms with Crippen LogP contribution in [-0.4, -0.2) is 27.0 Å². The number of anilines is 2. The van der Waals surface area contributed by atoms with Crippen molar-refractivity contribution in [3.8, 4) is 17.2 Å². The van der Waals surface area contributed by atoms with Crippen molar-refractivity contribution in [2.45, 2.75) is 21.2 Å². The molecule has 0 bridgehead atoms. The predicted molar refractivity (Wildman–Crippen MR) is 121 cm³/mol. The van der Waals surface area contributed by atoms with E-state index in [0.29, 0.717) is 16.1 Å². The number of benzene rings is 3. The molecule has 1 aliphatic rings. The normalized spacial score (nSPS) is 12.9. The minimum absolute atomic E-state index is 0.0948. The van der Waals surface area contributed by atoms with Crippen LogP contribution in [0.2, 0.25) is 0 Å². The summed E-state index contributed by atoms with van der Waals surface area (Å²) in [7, 11) is 0. The average molecular weight is 502 g/mol. The Morgan fingerprint density at radius 3 is 2.50 bits per heavy atom. The molecule has 1 aliphatic heterocycles. The monoisotopic (exact) mass is 501 g/mol. The topological polar surface area (TPSA) is 79.5 Å². The van der Waals surface area contributed by atoms with Gasteiger partial charge in [0.15, 0.2) is 0 Å². The Morgan fingerprint density at radius 2 is 1.74 bits per heavy atom. The van der Waals surface area contributed by atoms with Crippen LogP contribution in [0.5, 0.6) is 5.75 Å². The van der Waals surface area contributed by atoms with E-state index in [1.165, 1.54) is 34.9 Å². The van der Waals surface area contributed by atoms with Crippen LogP contribution in [0.1, 0.15) is 5.56 Å². The van der Waals surface area contributed by atoms with Crippen LogP contribution in [-0.2, 0) is 11.0 Å². The lowest BCUT2D eigenvalue weighted by Crippen LogP contribution is -2.30. The number of halogens is 3. The molecule has 1 aromatic heterocycles. The van der Waals surface area contributed by atoms with E-state index in [1.54, 1.807) is 24.3 Å². The Morgan fingerprint density at radius 1 is 1.00 bits per heavy atom. The van der Waals surface area contributed by atoms with Gasteiger partial charge in [0.05, 0.1) is 22.7 Å². The van der Waals surface area contributed by atoms with E-state index >= 15 is 0 Å². The van der Waals surface area contributed by atoms with E-state index in [4.69, 9.17) is 4.42 Å². The minimum atomic E-state index is -4.53. The van der Waals surface area contributed by atoms with Crippen molar-refractivity contribution in [3.05, 3.63) is 72.3 Å². The number of aromatic hydroxyl groups is 1. The summed E-state index contributed by atoms with van der Waals surface area (Å²) >= 11 is 2.30. The summed E-state index contributed by atoms with van der Waals surface area (Å²) in [6, 6.07) is 16.6. The molecule has 0 radical (unpaired) electrons. The highest BCUT2D eigenvalue weighted by molar-refractivity contribution is 8.00. The van der Waals surface area contributed by atoms with Crippen LogP contribution >= 0.6 is 23.5 Å². The molecule has 0 saturated carbocycles. The van der Waals surface area contributed by atoms with Crippen molar-refractivity contribution < 1.29 is 27.5 Å². The Kier molecular flexibility index (Phi) is 5.74. The highest BCUT2D eigenvalue weighted by Crippen LogP contribution is 2.49. The number of phenols is 1. The SMILES string of the molecule is O=C(CSc1nnc(-c2ccc(O)cc2)o1)N1c2ccccc2Sc2ccc(C(F)(F)F)cc21. The number of carbonyl (C=O) groups is 1. The molecule has 1 N–H and O–H groups in total. The molecule has 6 nitrogen and oxygen atoms in total. The number of phenolic OH excluding ortho intramolecular Hbond substituents is 1. The van der Waals surface area contributed by atoms with Gasteiger partial charge in [-0.05, 0) is 54.6 Å². The molecule has 0 fully saturated rings. The van der Waals surface area contributed by atoms with Crippen molar-refractivity contribution in [3.63, 3.8) is 0 Å². The molecule has 0 atom stereocenters. The molecular formula is C23H14F3N3O3S2. The third-order valence-electron chi connectivity index (χ3n) is 4.94. The molecule has 0 unspecified atom stereocenters. The summed E-state index contributed by atoms with van der Waals surface area (Å²) in [5.41, 5.74) is 0.464. The van der Waals surface area contributed by atoms with Gasteiger partial charge in [-0.1, -0.05) is 35.7 Å². The van der Waals surface area contributed by atoms with Crippen molar-refractivity contribution in [2.75, 3.05) is 10.7 Å². The lowest BCUT2D eigenvalue weighted by molar-refractivity contribution is -0.137. The van der Waals surface area contributed by atoms with Crippen molar-refractivity contribution in [1.29, 1.82) is 0 Å². The number of rotatable bonds is 4. The van der Waals surface area contributed by atoms with Crippen LogP contribution in [0.4, 0.5) is 24.5 Å². The van der Waals surface area contributed by atoms with Gasteiger partial charge in [0.25, 0.3) is 5.22 Å². The zero-order valence-corrected chi connectivity index (χ0v) is 18.7. The fourth-order valence-electron chi connectivity index (χ4n) is 3.38. The van der Waals surface area contributed by atoms with E-state index in [-0.39, 0.29) is 28.3 Å². The van der Waals surface area contributed by atoms with Crippen LogP contribution in [0, 0.1) is 0 Å². The number of nitrogens with zero attached hydrogens (tertiary/aromatic N) is 3. The minimum Gasteiger partial charge on any atom is -0.508 e. The number of hydrogen-bond acceptors (Lipinski definition) is 7. The third-order valence-corrected chi connectivity index (χ3v) is 6.88. The third kappa shape index (κ3) is 4.36.